The van der Waals surface area contributed by atoms with Crippen molar-refractivity contribution in [2.45, 2.75) is 6.54 Å². The van der Waals surface area contributed by atoms with E-state index in [2.05, 4.69) is 5.43 Å². The van der Waals surface area contributed by atoms with E-state index >= 15 is 0 Å². The van der Waals surface area contributed by atoms with Gasteiger partial charge in [0.05, 0.1) is 0 Å². The molecule has 1 rings (SSSR count). The molecule has 0 amide bonds. The smallest absolute Gasteiger partial charge is 0.130 e. The lowest BCUT2D eigenvalue weighted by Crippen LogP contribution is -2.22. The van der Waals surface area contributed by atoms with E-state index in [1.54, 1.807) is 0 Å². The van der Waals surface area contributed by atoms with Crippen molar-refractivity contribution < 1.29 is 8.78 Å². The minimum atomic E-state index is -0.581. The number of nitrogens with one attached hydrogen (secondary N) is 1. The van der Waals surface area contributed by atoms with E-state index < -0.39 is 11.6 Å². The topological polar surface area (TPSA) is 38.0 Å². The van der Waals surface area contributed by atoms with Crippen LogP contribution in [0.2, 0.25) is 0 Å². The zero-order valence-corrected chi connectivity index (χ0v) is 7.00. The van der Waals surface area contributed by atoms with Crippen LogP contribution in [0.1, 0.15) is 5.56 Å². The molecule has 12 heavy (non-hydrogen) atoms. The van der Waals surface area contributed by atoms with Crippen molar-refractivity contribution in [3.05, 3.63) is 35.4 Å². The number of halogens is 3. The van der Waals surface area contributed by atoms with Gasteiger partial charge in [-0.15, -0.1) is 12.4 Å². The van der Waals surface area contributed by atoms with E-state index in [9.17, 15) is 8.78 Å². The monoisotopic (exact) mass is 194 g/mol. The summed E-state index contributed by atoms with van der Waals surface area (Å²) in [6.07, 6.45) is 0. The fourth-order valence-electron chi connectivity index (χ4n) is 0.803. The van der Waals surface area contributed by atoms with Gasteiger partial charge in [0, 0.05) is 12.1 Å². The molecule has 0 aliphatic carbocycles. The molecule has 1 aromatic rings. The zero-order chi connectivity index (χ0) is 8.27. The maximum Gasteiger partial charge on any atom is 0.130 e. The van der Waals surface area contributed by atoms with Crippen LogP contribution in [0.15, 0.2) is 18.2 Å². The lowest BCUT2D eigenvalue weighted by Gasteiger charge is -2.01. The predicted molar refractivity (Wildman–Crippen MR) is 44.6 cm³/mol. The molecule has 0 radical (unpaired) electrons. The second-order valence-corrected chi connectivity index (χ2v) is 2.08. The highest BCUT2D eigenvalue weighted by atomic mass is 35.5. The first kappa shape index (κ1) is 11.3. The van der Waals surface area contributed by atoms with Crippen molar-refractivity contribution in [2.75, 3.05) is 0 Å². The third-order valence-electron chi connectivity index (χ3n) is 1.34. The number of hydrogen-bond acceptors (Lipinski definition) is 2. The van der Waals surface area contributed by atoms with E-state index in [-0.39, 0.29) is 24.5 Å². The highest BCUT2D eigenvalue weighted by Crippen LogP contribution is 2.10. The number of hydrazine groups is 1. The standard InChI is InChI=1S/C7H8F2N2.ClH/c8-6-2-1-3-7(9)5(6)4-11-10;/h1-3,11H,4,10H2;1H. The van der Waals surface area contributed by atoms with Gasteiger partial charge in [-0.1, -0.05) is 6.07 Å². The molecule has 3 N–H and O–H groups in total. The Bertz CT molecular complexity index is 235. The molecule has 5 heteroatoms. The van der Waals surface area contributed by atoms with Crippen LogP contribution in [0, 0.1) is 11.6 Å². The van der Waals surface area contributed by atoms with Crippen LogP contribution < -0.4 is 11.3 Å². The number of benzene rings is 1. The molecule has 0 atom stereocenters. The molecule has 0 saturated heterocycles. The van der Waals surface area contributed by atoms with E-state index in [4.69, 9.17) is 5.84 Å². The molecule has 0 unspecified atom stereocenters. The molecule has 2 nitrogen and oxygen atoms in total. The Labute approximate surface area is 75.1 Å². The van der Waals surface area contributed by atoms with Gasteiger partial charge in [-0.3, -0.25) is 11.3 Å². The molecule has 0 fully saturated rings. The molecule has 0 bridgehead atoms. The van der Waals surface area contributed by atoms with Gasteiger partial charge < -0.3 is 0 Å². The molecule has 1 aromatic carbocycles. The summed E-state index contributed by atoms with van der Waals surface area (Å²) in [5, 5.41) is 0. The first-order valence-corrected chi connectivity index (χ1v) is 3.12. The van der Waals surface area contributed by atoms with Crippen LogP contribution >= 0.6 is 12.4 Å². The summed E-state index contributed by atoms with van der Waals surface area (Å²) in [6, 6.07) is 3.69. The maximum absolute atomic E-state index is 12.7. The summed E-state index contributed by atoms with van der Waals surface area (Å²) in [6.45, 7) is -0.00148. The van der Waals surface area contributed by atoms with Crippen molar-refractivity contribution >= 4 is 12.4 Å². The SMILES string of the molecule is Cl.NNCc1c(F)cccc1F. The number of hydrogen-bond donors (Lipinski definition) is 2. The van der Waals surface area contributed by atoms with E-state index in [0.29, 0.717) is 0 Å². The first-order valence-electron chi connectivity index (χ1n) is 3.12. The van der Waals surface area contributed by atoms with Gasteiger partial charge in [0.25, 0.3) is 0 Å². The summed E-state index contributed by atoms with van der Waals surface area (Å²) in [7, 11) is 0. The summed E-state index contributed by atoms with van der Waals surface area (Å²) in [5.74, 6) is 3.75. The number of nitrogens with two attached hydrogens (primary N) is 1. The Morgan fingerprint density at radius 3 is 2.17 bits per heavy atom. The Kier molecular flexibility index (Phi) is 4.73. The highest BCUT2D eigenvalue weighted by molar-refractivity contribution is 5.85. The summed E-state index contributed by atoms with van der Waals surface area (Å²) in [5.41, 5.74) is 2.15. The van der Waals surface area contributed by atoms with Gasteiger partial charge in [-0.2, -0.15) is 0 Å². The Balaban J connectivity index is 0.00000121. The van der Waals surface area contributed by atoms with Crippen molar-refractivity contribution in [2.24, 2.45) is 5.84 Å². The Morgan fingerprint density at radius 1 is 1.25 bits per heavy atom. The normalized spacial score (nSPS) is 9.25. The second kappa shape index (κ2) is 5.03. The van der Waals surface area contributed by atoms with Gasteiger partial charge in [0.2, 0.25) is 0 Å². The van der Waals surface area contributed by atoms with Gasteiger partial charge >= 0.3 is 0 Å². The zero-order valence-electron chi connectivity index (χ0n) is 6.18. The molecule has 0 aliphatic rings. The molecule has 0 saturated carbocycles. The quantitative estimate of drug-likeness (QED) is 0.551. The lowest BCUT2D eigenvalue weighted by atomic mass is 10.2. The first-order chi connectivity index (χ1) is 5.25. The second-order valence-electron chi connectivity index (χ2n) is 2.08. The third kappa shape index (κ3) is 2.41. The van der Waals surface area contributed by atoms with Crippen molar-refractivity contribution in [1.82, 2.24) is 5.43 Å². The Hall–Kier alpha value is -0.710. The van der Waals surface area contributed by atoms with Crippen LogP contribution in [0.4, 0.5) is 8.78 Å². The van der Waals surface area contributed by atoms with Gasteiger partial charge in [-0.25, -0.2) is 8.78 Å². The Morgan fingerprint density at radius 2 is 1.75 bits per heavy atom. The fourth-order valence-corrected chi connectivity index (χ4v) is 0.803. The van der Waals surface area contributed by atoms with Crippen LogP contribution in [0.5, 0.6) is 0 Å². The number of rotatable bonds is 2. The van der Waals surface area contributed by atoms with Crippen LogP contribution in [0.25, 0.3) is 0 Å². The predicted octanol–water partition coefficient (Wildman–Crippen LogP) is 1.35. The van der Waals surface area contributed by atoms with Crippen molar-refractivity contribution in [1.29, 1.82) is 0 Å². The molecular formula is C7H9ClF2N2. The lowest BCUT2D eigenvalue weighted by molar-refractivity contribution is 0.540. The fraction of sp³-hybridized carbons (Fsp3) is 0.143. The third-order valence-corrected chi connectivity index (χ3v) is 1.34. The van der Waals surface area contributed by atoms with E-state index in [1.807, 2.05) is 0 Å². The van der Waals surface area contributed by atoms with Crippen LogP contribution in [-0.4, -0.2) is 0 Å². The molecule has 0 heterocycles. The van der Waals surface area contributed by atoms with Crippen LogP contribution in [-0.2, 0) is 6.54 Å². The van der Waals surface area contributed by atoms with Gasteiger partial charge in [0.15, 0.2) is 0 Å². The van der Waals surface area contributed by atoms with Gasteiger partial charge in [-0.05, 0) is 12.1 Å². The average Bonchev–Trinajstić information content (AvgIpc) is 1.97. The summed E-state index contributed by atoms with van der Waals surface area (Å²) < 4.78 is 25.4. The van der Waals surface area contributed by atoms with E-state index in [0.717, 1.165) is 0 Å². The maximum atomic E-state index is 12.7. The summed E-state index contributed by atoms with van der Waals surface area (Å²) in [4.78, 5) is 0. The minimum Gasteiger partial charge on any atom is -0.271 e. The molecular weight excluding hydrogens is 186 g/mol. The molecule has 0 aromatic heterocycles. The highest BCUT2D eigenvalue weighted by Gasteiger charge is 2.05. The molecule has 0 aliphatic heterocycles. The van der Waals surface area contributed by atoms with Crippen LogP contribution in [0.3, 0.4) is 0 Å². The summed E-state index contributed by atoms with van der Waals surface area (Å²) >= 11 is 0. The van der Waals surface area contributed by atoms with Crippen molar-refractivity contribution in [3.63, 3.8) is 0 Å². The molecule has 68 valence electrons. The van der Waals surface area contributed by atoms with Gasteiger partial charge in [0.1, 0.15) is 11.6 Å². The van der Waals surface area contributed by atoms with E-state index in [1.165, 1.54) is 18.2 Å². The minimum absolute atomic E-state index is 0. The van der Waals surface area contributed by atoms with Crippen molar-refractivity contribution in [3.8, 4) is 0 Å². The molecule has 0 spiro atoms. The average molecular weight is 195 g/mol. The largest absolute Gasteiger partial charge is 0.271 e.